The third-order valence-corrected chi connectivity index (χ3v) is 5.70. The predicted octanol–water partition coefficient (Wildman–Crippen LogP) is 3.46. The number of hydrazine groups is 1. The fraction of sp³-hybridized carbons (Fsp3) is 0.739. The minimum atomic E-state index is -1.74. The van der Waals surface area contributed by atoms with E-state index in [1.807, 2.05) is 6.92 Å². The van der Waals surface area contributed by atoms with E-state index in [4.69, 9.17) is 44.3 Å². The highest BCUT2D eigenvalue weighted by Gasteiger charge is 2.35. The Hall–Kier alpha value is -1.55. The molecule has 2 amide bonds. The predicted molar refractivity (Wildman–Crippen MR) is 135 cm³/mol. The Balaban J connectivity index is 2.74. The van der Waals surface area contributed by atoms with E-state index in [1.54, 1.807) is 19.9 Å². The van der Waals surface area contributed by atoms with E-state index >= 15 is 0 Å². The van der Waals surface area contributed by atoms with Crippen molar-refractivity contribution in [3.8, 4) is 0 Å². The van der Waals surface area contributed by atoms with E-state index in [0.717, 1.165) is 6.42 Å². The molecule has 0 radical (unpaired) electrons. The molecule has 4 atom stereocenters. The molecule has 0 unspecified atom stereocenters. The first-order valence-corrected chi connectivity index (χ1v) is 12.9. The number of halogens is 3. The molecular formula is C23H36Cl3N3O6. The maximum Gasteiger partial charge on any atom is 0.325 e. The minimum absolute atomic E-state index is 0.308. The van der Waals surface area contributed by atoms with Crippen LogP contribution in [0.4, 0.5) is 0 Å². The van der Waals surface area contributed by atoms with Crippen molar-refractivity contribution in [1.82, 2.24) is 15.8 Å². The normalized spacial score (nSPS) is 18.9. The van der Waals surface area contributed by atoms with Crippen molar-refractivity contribution >= 4 is 58.6 Å². The molecule has 35 heavy (non-hydrogen) atoms. The van der Waals surface area contributed by atoms with Crippen molar-refractivity contribution in [2.24, 2.45) is 11.8 Å². The summed E-state index contributed by atoms with van der Waals surface area (Å²) in [5.74, 6) is -2.83. The van der Waals surface area contributed by atoms with Gasteiger partial charge in [0, 0.05) is 6.54 Å². The number of carbonyl (C=O) groups excluding carboxylic acids is 4. The highest BCUT2D eigenvalue weighted by molar-refractivity contribution is 6.67. The average Bonchev–Trinajstić information content (AvgIpc) is 2.79. The second-order valence-corrected chi connectivity index (χ2v) is 11.4. The summed E-state index contributed by atoms with van der Waals surface area (Å²) in [4.78, 5) is 50.7. The van der Waals surface area contributed by atoms with E-state index in [-0.39, 0.29) is 11.8 Å². The van der Waals surface area contributed by atoms with Crippen molar-refractivity contribution < 1.29 is 28.7 Å². The number of nitrogens with one attached hydrogen (secondary N) is 2. The maximum absolute atomic E-state index is 12.9. The summed E-state index contributed by atoms with van der Waals surface area (Å²) in [6.07, 6.45) is 3.43. The lowest BCUT2D eigenvalue weighted by molar-refractivity contribution is -0.163. The van der Waals surface area contributed by atoms with Crippen LogP contribution in [0, 0.1) is 11.8 Å². The van der Waals surface area contributed by atoms with Crippen LogP contribution in [0.5, 0.6) is 0 Å². The van der Waals surface area contributed by atoms with E-state index in [1.165, 1.54) is 11.9 Å². The summed E-state index contributed by atoms with van der Waals surface area (Å²) >= 11 is 16.8. The number of rotatable bonds is 12. The zero-order valence-electron chi connectivity index (χ0n) is 20.7. The van der Waals surface area contributed by atoms with Crippen LogP contribution < -0.4 is 10.7 Å². The number of nitrogens with zero attached hydrogens (tertiary/aromatic N) is 1. The lowest BCUT2D eigenvalue weighted by Gasteiger charge is -2.34. The number of carbonyl (C=O) groups is 4. The first-order valence-electron chi connectivity index (χ1n) is 11.7. The molecule has 12 heteroatoms. The molecule has 1 aliphatic rings. The van der Waals surface area contributed by atoms with Gasteiger partial charge in [0.15, 0.2) is 6.10 Å². The molecule has 1 fully saturated rings. The molecule has 1 heterocycles. The molecule has 0 spiro atoms. The summed E-state index contributed by atoms with van der Waals surface area (Å²) in [6.45, 7) is 10.6. The fourth-order valence-electron chi connectivity index (χ4n) is 3.55. The van der Waals surface area contributed by atoms with Crippen molar-refractivity contribution in [2.45, 2.75) is 81.8 Å². The van der Waals surface area contributed by atoms with Gasteiger partial charge in [-0.1, -0.05) is 68.1 Å². The SMILES string of the molecule is C=CC[C@@H](CCC)C(=O)O[C@H](C(=O)N[C@@H](C)C(=O)N1CCC[C@@H](C(=O)OCC(Cl)(Cl)Cl)N1)C(C)C. The van der Waals surface area contributed by atoms with Crippen molar-refractivity contribution in [3.05, 3.63) is 12.7 Å². The molecule has 9 nitrogen and oxygen atoms in total. The lowest BCUT2D eigenvalue weighted by Crippen LogP contribution is -2.60. The van der Waals surface area contributed by atoms with Gasteiger partial charge in [0.05, 0.1) is 5.92 Å². The Morgan fingerprint density at radius 2 is 1.89 bits per heavy atom. The van der Waals surface area contributed by atoms with Crippen LogP contribution in [-0.2, 0) is 28.7 Å². The quantitative estimate of drug-likeness (QED) is 0.215. The Morgan fingerprint density at radius 3 is 2.43 bits per heavy atom. The van der Waals surface area contributed by atoms with Crippen molar-refractivity contribution in [2.75, 3.05) is 13.2 Å². The maximum atomic E-state index is 12.9. The van der Waals surface area contributed by atoms with Crippen LogP contribution in [0.25, 0.3) is 0 Å². The Bertz CT molecular complexity index is 759. The third-order valence-electron chi connectivity index (χ3n) is 5.37. The highest BCUT2D eigenvalue weighted by Crippen LogP contribution is 2.26. The fourth-order valence-corrected chi connectivity index (χ4v) is 3.72. The molecule has 200 valence electrons. The zero-order valence-corrected chi connectivity index (χ0v) is 22.9. The van der Waals surface area contributed by atoms with Crippen LogP contribution in [-0.4, -0.2) is 63.9 Å². The van der Waals surface area contributed by atoms with Crippen molar-refractivity contribution in [3.63, 3.8) is 0 Å². The number of alkyl halides is 3. The zero-order chi connectivity index (χ0) is 26.8. The van der Waals surface area contributed by atoms with Gasteiger partial charge in [0.2, 0.25) is 3.79 Å². The van der Waals surface area contributed by atoms with E-state index < -0.39 is 52.3 Å². The van der Waals surface area contributed by atoms with Crippen LogP contribution in [0.3, 0.4) is 0 Å². The van der Waals surface area contributed by atoms with Crippen LogP contribution in [0.1, 0.15) is 59.8 Å². The third kappa shape index (κ3) is 10.9. The number of hydrogen-bond donors (Lipinski definition) is 2. The molecule has 0 bridgehead atoms. The standard InChI is InChI=1S/C23H36Cl3N3O6/c1-6-9-16(10-7-2)21(32)35-18(14(3)4)19(30)27-15(5)20(31)29-12-8-11-17(28-29)22(33)34-13-23(24,25)26/h6,14-18,28H,1,7-13H2,2-5H3,(H,27,30)/t15-,16-,17-,18-/m0/s1. The molecule has 0 aromatic carbocycles. The molecule has 0 saturated carbocycles. The van der Waals surface area contributed by atoms with Gasteiger partial charge in [-0.2, -0.15) is 0 Å². The molecule has 1 aliphatic heterocycles. The molecular weight excluding hydrogens is 521 g/mol. The summed E-state index contributed by atoms with van der Waals surface area (Å²) in [5, 5.41) is 3.88. The van der Waals surface area contributed by atoms with Crippen LogP contribution >= 0.6 is 34.8 Å². The molecule has 0 aliphatic carbocycles. The second-order valence-electron chi connectivity index (χ2n) is 8.88. The Kier molecular flexibility index (Phi) is 13.4. The van der Waals surface area contributed by atoms with Gasteiger partial charge < -0.3 is 14.8 Å². The first-order chi connectivity index (χ1) is 16.3. The summed E-state index contributed by atoms with van der Waals surface area (Å²) in [6, 6.07) is -1.74. The molecule has 2 N–H and O–H groups in total. The van der Waals surface area contributed by atoms with Crippen LogP contribution in [0.2, 0.25) is 0 Å². The lowest BCUT2D eigenvalue weighted by atomic mass is 9.99. The molecule has 1 rings (SSSR count). The molecule has 1 saturated heterocycles. The van der Waals surface area contributed by atoms with Gasteiger partial charge in [-0.05, 0) is 38.5 Å². The summed E-state index contributed by atoms with van der Waals surface area (Å²) in [7, 11) is 0. The first kappa shape index (κ1) is 31.5. The molecule has 0 aromatic rings. The second kappa shape index (κ2) is 14.9. The highest BCUT2D eigenvalue weighted by atomic mass is 35.6. The Morgan fingerprint density at radius 1 is 1.23 bits per heavy atom. The number of hydrogen-bond acceptors (Lipinski definition) is 7. The van der Waals surface area contributed by atoms with Crippen LogP contribution in [0.15, 0.2) is 12.7 Å². The summed E-state index contributed by atoms with van der Waals surface area (Å²) in [5.41, 5.74) is 2.80. The van der Waals surface area contributed by atoms with Crippen molar-refractivity contribution in [1.29, 1.82) is 0 Å². The monoisotopic (exact) mass is 555 g/mol. The number of esters is 2. The number of allylic oxidation sites excluding steroid dienone is 1. The van der Waals surface area contributed by atoms with Gasteiger partial charge in [0.1, 0.15) is 18.7 Å². The van der Waals surface area contributed by atoms with Gasteiger partial charge in [-0.3, -0.25) is 24.2 Å². The van der Waals surface area contributed by atoms with E-state index in [0.29, 0.717) is 32.2 Å². The van der Waals surface area contributed by atoms with Gasteiger partial charge in [-0.25, -0.2) is 5.43 Å². The van der Waals surface area contributed by atoms with E-state index in [2.05, 4.69) is 17.3 Å². The minimum Gasteiger partial charge on any atom is -0.460 e. The van der Waals surface area contributed by atoms with Gasteiger partial charge in [0.25, 0.3) is 11.8 Å². The van der Waals surface area contributed by atoms with Gasteiger partial charge in [-0.15, -0.1) is 6.58 Å². The largest absolute Gasteiger partial charge is 0.460 e. The summed E-state index contributed by atoms with van der Waals surface area (Å²) < 4.78 is 8.79. The average molecular weight is 557 g/mol. The van der Waals surface area contributed by atoms with E-state index in [9.17, 15) is 19.2 Å². The molecule has 0 aromatic heterocycles. The topological polar surface area (TPSA) is 114 Å². The smallest absolute Gasteiger partial charge is 0.325 e. The Labute approximate surface area is 222 Å². The van der Waals surface area contributed by atoms with Gasteiger partial charge >= 0.3 is 11.9 Å². The number of ether oxygens (including phenoxy) is 2. The number of amides is 2.